The van der Waals surface area contributed by atoms with Gasteiger partial charge in [0.25, 0.3) is 0 Å². The first kappa shape index (κ1) is 17.4. The van der Waals surface area contributed by atoms with Gasteiger partial charge in [-0.1, -0.05) is 0 Å². The summed E-state index contributed by atoms with van der Waals surface area (Å²) in [7, 11) is 1.16. The van der Waals surface area contributed by atoms with E-state index < -0.39 is 23.7 Å². The summed E-state index contributed by atoms with van der Waals surface area (Å²) >= 11 is 0. The first-order valence-electron chi connectivity index (χ1n) is 6.32. The molecule has 0 amide bonds. The van der Waals surface area contributed by atoms with Crippen LogP contribution in [-0.4, -0.2) is 30.8 Å². The third-order valence-corrected chi connectivity index (χ3v) is 2.68. The van der Waals surface area contributed by atoms with Crippen LogP contribution in [0.15, 0.2) is 6.07 Å². The Morgan fingerprint density at radius 2 is 1.45 bits per heavy atom. The van der Waals surface area contributed by atoms with Crippen molar-refractivity contribution in [1.29, 1.82) is 0 Å². The number of benzene rings is 1. The fourth-order valence-corrected chi connectivity index (χ4v) is 1.93. The molecule has 0 N–H and O–H groups in total. The van der Waals surface area contributed by atoms with Crippen molar-refractivity contribution in [3.8, 4) is 11.5 Å². The fraction of sp³-hybridized carbons (Fsp3) is 0.333. The van der Waals surface area contributed by atoms with E-state index >= 15 is 0 Å². The van der Waals surface area contributed by atoms with Gasteiger partial charge < -0.3 is 14.2 Å². The Balaban J connectivity index is 3.76. The summed E-state index contributed by atoms with van der Waals surface area (Å²) in [6.07, 6.45) is 0. The van der Waals surface area contributed by atoms with Gasteiger partial charge in [0, 0.05) is 13.8 Å². The van der Waals surface area contributed by atoms with Crippen LogP contribution in [0.5, 0.6) is 11.5 Å². The molecular weight excluding hydrogens is 292 g/mol. The molecule has 7 nitrogen and oxygen atoms in total. The van der Waals surface area contributed by atoms with Crippen LogP contribution in [0.4, 0.5) is 0 Å². The lowest BCUT2D eigenvalue weighted by Gasteiger charge is -2.17. The predicted molar refractivity (Wildman–Crippen MR) is 75.1 cm³/mol. The predicted octanol–water partition coefficient (Wildman–Crippen LogP) is 1.83. The summed E-state index contributed by atoms with van der Waals surface area (Å²) in [6, 6.07) is 1.34. The van der Waals surface area contributed by atoms with Crippen molar-refractivity contribution in [1.82, 2.24) is 0 Å². The summed E-state index contributed by atoms with van der Waals surface area (Å²) in [5.41, 5.74) is 0.0968. The lowest BCUT2D eigenvalue weighted by Crippen LogP contribution is -2.16. The van der Waals surface area contributed by atoms with Gasteiger partial charge in [0.05, 0.1) is 7.11 Å². The van der Waals surface area contributed by atoms with E-state index in [0.717, 1.165) is 14.0 Å². The van der Waals surface area contributed by atoms with E-state index in [1.807, 2.05) is 0 Å². The Morgan fingerprint density at radius 3 is 1.86 bits per heavy atom. The summed E-state index contributed by atoms with van der Waals surface area (Å²) in [4.78, 5) is 46.3. The number of carbonyl (C=O) groups excluding carboxylic acids is 4. The Kier molecular flexibility index (Phi) is 5.39. The molecule has 0 saturated heterocycles. The molecular formula is C15H16O7. The molecule has 0 bridgehead atoms. The maximum atomic E-state index is 11.9. The van der Waals surface area contributed by atoms with E-state index in [1.165, 1.54) is 26.8 Å². The minimum Gasteiger partial charge on any atom is -0.465 e. The number of rotatable bonds is 4. The molecule has 22 heavy (non-hydrogen) atoms. The molecule has 1 aromatic rings. The number of hydrogen-bond acceptors (Lipinski definition) is 7. The van der Waals surface area contributed by atoms with Gasteiger partial charge in [-0.3, -0.25) is 14.4 Å². The SMILES string of the molecule is COC(=O)c1c(C)cc(OC(C)=O)c(C(C)=O)c1OC(C)=O. The highest BCUT2D eigenvalue weighted by molar-refractivity contribution is 6.06. The first-order chi connectivity index (χ1) is 10.2. The molecule has 0 fully saturated rings. The highest BCUT2D eigenvalue weighted by Gasteiger charge is 2.28. The van der Waals surface area contributed by atoms with E-state index in [2.05, 4.69) is 4.74 Å². The molecule has 0 aliphatic rings. The number of esters is 3. The highest BCUT2D eigenvalue weighted by atomic mass is 16.6. The van der Waals surface area contributed by atoms with Gasteiger partial charge in [0.1, 0.15) is 16.9 Å². The lowest BCUT2D eigenvalue weighted by molar-refractivity contribution is -0.132. The van der Waals surface area contributed by atoms with Crippen LogP contribution in [0.1, 0.15) is 47.1 Å². The zero-order valence-electron chi connectivity index (χ0n) is 12.9. The minimum atomic E-state index is -0.773. The van der Waals surface area contributed by atoms with Gasteiger partial charge in [-0.25, -0.2) is 4.79 Å². The third kappa shape index (κ3) is 3.69. The second kappa shape index (κ2) is 6.84. The normalized spacial score (nSPS) is 9.86. The van der Waals surface area contributed by atoms with Gasteiger partial charge in [-0.15, -0.1) is 0 Å². The average molecular weight is 308 g/mol. The van der Waals surface area contributed by atoms with Crippen LogP contribution in [0.3, 0.4) is 0 Å². The summed E-state index contributed by atoms with van der Waals surface area (Å²) < 4.78 is 14.6. The molecule has 0 saturated carbocycles. The molecule has 0 aliphatic heterocycles. The number of ether oxygens (including phenoxy) is 3. The van der Waals surface area contributed by atoms with Crippen molar-refractivity contribution in [2.45, 2.75) is 27.7 Å². The fourth-order valence-electron chi connectivity index (χ4n) is 1.93. The number of methoxy groups -OCH3 is 1. The quantitative estimate of drug-likeness (QED) is 0.475. The van der Waals surface area contributed by atoms with Gasteiger partial charge in [-0.2, -0.15) is 0 Å². The van der Waals surface area contributed by atoms with Crippen molar-refractivity contribution in [2.24, 2.45) is 0 Å². The van der Waals surface area contributed by atoms with Crippen LogP contribution in [-0.2, 0) is 14.3 Å². The monoisotopic (exact) mass is 308 g/mol. The van der Waals surface area contributed by atoms with Crippen molar-refractivity contribution in [3.05, 3.63) is 22.8 Å². The Morgan fingerprint density at radius 1 is 0.909 bits per heavy atom. The summed E-state index contributed by atoms with van der Waals surface area (Å²) in [5.74, 6) is -3.04. The molecule has 1 rings (SSSR count). The zero-order valence-corrected chi connectivity index (χ0v) is 12.9. The Hall–Kier alpha value is -2.70. The number of aryl methyl sites for hydroxylation is 1. The number of ketones is 1. The average Bonchev–Trinajstić information content (AvgIpc) is 2.35. The number of Topliss-reactive ketones (excluding diaryl/α,β-unsaturated/α-hetero) is 1. The molecule has 0 heterocycles. The largest absolute Gasteiger partial charge is 0.465 e. The second-order valence-electron chi connectivity index (χ2n) is 4.51. The molecule has 0 aromatic heterocycles. The van der Waals surface area contributed by atoms with Gasteiger partial charge >= 0.3 is 17.9 Å². The van der Waals surface area contributed by atoms with Crippen molar-refractivity contribution in [2.75, 3.05) is 7.11 Å². The topological polar surface area (TPSA) is 96.0 Å². The van der Waals surface area contributed by atoms with Crippen LogP contribution in [0, 0.1) is 6.92 Å². The molecule has 0 aliphatic carbocycles. The third-order valence-electron chi connectivity index (χ3n) is 2.68. The second-order valence-corrected chi connectivity index (χ2v) is 4.51. The van der Waals surface area contributed by atoms with Crippen LogP contribution >= 0.6 is 0 Å². The molecule has 7 heteroatoms. The van der Waals surface area contributed by atoms with E-state index in [-0.39, 0.29) is 22.6 Å². The first-order valence-corrected chi connectivity index (χ1v) is 6.32. The maximum Gasteiger partial charge on any atom is 0.341 e. The molecule has 0 spiro atoms. The molecule has 118 valence electrons. The van der Waals surface area contributed by atoms with Crippen molar-refractivity contribution < 1.29 is 33.4 Å². The number of carbonyl (C=O) groups is 4. The Bertz CT molecular complexity index is 658. The molecule has 1 aromatic carbocycles. The number of hydrogen-bond donors (Lipinski definition) is 0. The molecule has 0 unspecified atom stereocenters. The van der Waals surface area contributed by atoms with E-state index in [0.29, 0.717) is 5.56 Å². The van der Waals surface area contributed by atoms with Gasteiger partial charge in [-0.05, 0) is 25.5 Å². The lowest BCUT2D eigenvalue weighted by atomic mass is 9.99. The van der Waals surface area contributed by atoms with Crippen LogP contribution < -0.4 is 9.47 Å². The Labute approximate surface area is 127 Å². The van der Waals surface area contributed by atoms with E-state index in [4.69, 9.17) is 9.47 Å². The summed E-state index contributed by atoms with van der Waals surface area (Å²) in [6.45, 7) is 5.03. The van der Waals surface area contributed by atoms with Crippen molar-refractivity contribution in [3.63, 3.8) is 0 Å². The molecule has 0 atom stereocenters. The smallest absolute Gasteiger partial charge is 0.341 e. The standard InChI is InChI=1S/C15H16O7/c1-7-6-11(21-9(3)17)13(8(2)16)14(22-10(4)18)12(7)15(19)20-5/h6H,1-5H3. The van der Waals surface area contributed by atoms with Gasteiger partial charge in [0.2, 0.25) is 0 Å². The molecule has 0 radical (unpaired) electrons. The van der Waals surface area contributed by atoms with Crippen LogP contribution in [0.25, 0.3) is 0 Å². The minimum absolute atomic E-state index is 0.0706. The maximum absolute atomic E-state index is 11.9. The van der Waals surface area contributed by atoms with Crippen molar-refractivity contribution >= 4 is 23.7 Å². The van der Waals surface area contributed by atoms with E-state index in [1.54, 1.807) is 0 Å². The van der Waals surface area contributed by atoms with E-state index in [9.17, 15) is 19.2 Å². The van der Waals surface area contributed by atoms with Crippen LogP contribution in [0.2, 0.25) is 0 Å². The van der Waals surface area contributed by atoms with Gasteiger partial charge in [0.15, 0.2) is 11.5 Å². The highest BCUT2D eigenvalue weighted by Crippen LogP contribution is 2.36. The summed E-state index contributed by atoms with van der Waals surface area (Å²) in [5, 5.41) is 0. The zero-order chi connectivity index (χ0) is 17.0.